The van der Waals surface area contributed by atoms with E-state index in [1.165, 1.54) is 12.1 Å². The van der Waals surface area contributed by atoms with Gasteiger partial charge < -0.3 is 10.6 Å². The number of hydrogen-bond acceptors (Lipinski definition) is 2. The van der Waals surface area contributed by atoms with Crippen molar-refractivity contribution in [1.29, 1.82) is 0 Å². The second kappa shape index (κ2) is 6.69. The van der Waals surface area contributed by atoms with Crippen molar-refractivity contribution in [2.75, 3.05) is 17.2 Å². The lowest BCUT2D eigenvalue weighted by Gasteiger charge is -2.10. The van der Waals surface area contributed by atoms with Crippen molar-refractivity contribution in [1.82, 2.24) is 0 Å². The number of carbonyl (C=O) groups excluding carboxylic acids is 1. The van der Waals surface area contributed by atoms with Crippen molar-refractivity contribution in [3.8, 4) is 0 Å². The van der Waals surface area contributed by atoms with Crippen LogP contribution in [0.1, 0.15) is 5.56 Å². The molecular formula is C15H14FIN2O. The van der Waals surface area contributed by atoms with Crippen molar-refractivity contribution in [2.24, 2.45) is 0 Å². The number of benzene rings is 2. The smallest absolute Gasteiger partial charge is 0.243 e. The summed E-state index contributed by atoms with van der Waals surface area (Å²) in [5, 5.41) is 5.71. The number of hydrogen-bond donors (Lipinski definition) is 2. The summed E-state index contributed by atoms with van der Waals surface area (Å²) in [5.41, 5.74) is 2.45. The Morgan fingerprint density at radius 2 is 2.05 bits per heavy atom. The van der Waals surface area contributed by atoms with Crippen LogP contribution in [0.25, 0.3) is 0 Å². The monoisotopic (exact) mass is 384 g/mol. The maximum absolute atomic E-state index is 13.0. The lowest BCUT2D eigenvalue weighted by atomic mass is 10.2. The lowest BCUT2D eigenvalue weighted by molar-refractivity contribution is -0.114. The van der Waals surface area contributed by atoms with Gasteiger partial charge in [0.05, 0.1) is 6.54 Å². The molecule has 0 aliphatic heterocycles. The predicted molar refractivity (Wildman–Crippen MR) is 87.4 cm³/mol. The summed E-state index contributed by atoms with van der Waals surface area (Å²) < 4.78 is 14.1. The van der Waals surface area contributed by atoms with Gasteiger partial charge in [-0.15, -0.1) is 0 Å². The van der Waals surface area contributed by atoms with E-state index in [4.69, 9.17) is 0 Å². The topological polar surface area (TPSA) is 41.1 Å². The molecule has 0 saturated heterocycles. The van der Waals surface area contributed by atoms with Crippen molar-refractivity contribution < 1.29 is 9.18 Å². The minimum absolute atomic E-state index is 0.137. The molecule has 0 radical (unpaired) electrons. The summed E-state index contributed by atoms with van der Waals surface area (Å²) in [6.45, 7) is 2.12. The SMILES string of the molecule is Cc1cc(I)ccc1NCC(=O)Nc1cccc(F)c1. The molecule has 3 nitrogen and oxygen atoms in total. The number of halogens is 2. The van der Waals surface area contributed by atoms with E-state index < -0.39 is 0 Å². The highest BCUT2D eigenvalue weighted by Gasteiger charge is 2.04. The quantitative estimate of drug-likeness (QED) is 0.788. The van der Waals surface area contributed by atoms with Crippen molar-refractivity contribution >= 4 is 39.9 Å². The third-order valence-corrected chi connectivity index (χ3v) is 3.41. The van der Waals surface area contributed by atoms with Crippen LogP contribution in [-0.2, 0) is 4.79 Å². The average Bonchev–Trinajstić information content (AvgIpc) is 2.37. The van der Waals surface area contributed by atoms with Gasteiger partial charge >= 0.3 is 0 Å². The van der Waals surface area contributed by atoms with Gasteiger partial charge in [-0.05, 0) is 71.5 Å². The molecule has 0 atom stereocenters. The van der Waals surface area contributed by atoms with Crippen LogP contribution in [-0.4, -0.2) is 12.5 Å². The summed E-state index contributed by atoms with van der Waals surface area (Å²) in [6.07, 6.45) is 0. The van der Waals surface area contributed by atoms with Gasteiger partial charge in [0.2, 0.25) is 5.91 Å². The molecule has 0 saturated carbocycles. The Hall–Kier alpha value is -1.63. The highest BCUT2D eigenvalue weighted by atomic mass is 127. The van der Waals surface area contributed by atoms with E-state index in [0.717, 1.165) is 14.8 Å². The zero-order valence-corrected chi connectivity index (χ0v) is 13.1. The molecule has 0 fully saturated rings. The molecule has 0 heterocycles. The highest BCUT2D eigenvalue weighted by molar-refractivity contribution is 14.1. The van der Waals surface area contributed by atoms with Crippen LogP contribution in [0.5, 0.6) is 0 Å². The Morgan fingerprint density at radius 1 is 1.25 bits per heavy atom. The number of aryl methyl sites for hydroxylation is 1. The van der Waals surface area contributed by atoms with Gasteiger partial charge in [0.25, 0.3) is 0 Å². The van der Waals surface area contributed by atoms with Crippen LogP contribution in [0.15, 0.2) is 42.5 Å². The first kappa shape index (κ1) is 14.8. The van der Waals surface area contributed by atoms with E-state index >= 15 is 0 Å². The molecule has 0 spiro atoms. The summed E-state index contributed by atoms with van der Waals surface area (Å²) >= 11 is 2.24. The number of carbonyl (C=O) groups is 1. The molecule has 0 aliphatic carbocycles. The third-order valence-electron chi connectivity index (χ3n) is 2.74. The molecule has 0 bridgehead atoms. The van der Waals surface area contributed by atoms with E-state index in [9.17, 15) is 9.18 Å². The largest absolute Gasteiger partial charge is 0.376 e. The van der Waals surface area contributed by atoms with Crippen LogP contribution in [0.3, 0.4) is 0 Å². The lowest BCUT2D eigenvalue weighted by Crippen LogP contribution is -2.22. The van der Waals surface area contributed by atoms with E-state index in [1.54, 1.807) is 12.1 Å². The standard InChI is InChI=1S/C15H14FIN2O/c1-10-7-12(17)5-6-14(10)18-9-15(20)19-13-4-2-3-11(16)8-13/h2-8,18H,9H2,1H3,(H,19,20). The molecule has 5 heteroatoms. The van der Waals surface area contributed by atoms with Gasteiger partial charge in [-0.2, -0.15) is 0 Å². The van der Waals surface area contributed by atoms with Gasteiger partial charge in [0.15, 0.2) is 0 Å². The fraction of sp³-hybridized carbons (Fsp3) is 0.133. The molecule has 2 N–H and O–H groups in total. The van der Waals surface area contributed by atoms with Gasteiger partial charge in [-0.25, -0.2) is 4.39 Å². The molecule has 2 aromatic rings. The number of nitrogens with one attached hydrogen (secondary N) is 2. The van der Waals surface area contributed by atoms with E-state index in [0.29, 0.717) is 5.69 Å². The summed E-state index contributed by atoms with van der Waals surface area (Å²) in [7, 11) is 0. The number of rotatable bonds is 4. The van der Waals surface area contributed by atoms with Crippen molar-refractivity contribution in [2.45, 2.75) is 6.92 Å². The Bertz CT molecular complexity index is 631. The molecule has 20 heavy (non-hydrogen) atoms. The maximum Gasteiger partial charge on any atom is 0.243 e. The summed E-state index contributed by atoms with van der Waals surface area (Å²) in [5.74, 6) is -0.585. The zero-order valence-electron chi connectivity index (χ0n) is 10.9. The first-order valence-corrected chi connectivity index (χ1v) is 7.18. The van der Waals surface area contributed by atoms with Crippen LogP contribution < -0.4 is 10.6 Å². The number of anilines is 2. The summed E-state index contributed by atoms with van der Waals surface area (Å²) in [6, 6.07) is 11.8. The third kappa shape index (κ3) is 4.19. The van der Waals surface area contributed by atoms with Crippen LogP contribution in [0, 0.1) is 16.3 Å². The predicted octanol–water partition coefficient (Wildman–Crippen LogP) is 3.79. The Balaban J connectivity index is 1.92. The Morgan fingerprint density at radius 3 is 2.75 bits per heavy atom. The summed E-state index contributed by atoms with van der Waals surface area (Å²) in [4.78, 5) is 11.8. The van der Waals surface area contributed by atoms with Crippen LogP contribution >= 0.6 is 22.6 Å². The van der Waals surface area contributed by atoms with E-state index in [-0.39, 0.29) is 18.3 Å². The second-order valence-electron chi connectivity index (χ2n) is 4.37. The molecule has 1 amide bonds. The van der Waals surface area contributed by atoms with Gasteiger partial charge in [-0.3, -0.25) is 4.79 Å². The maximum atomic E-state index is 13.0. The zero-order chi connectivity index (χ0) is 14.5. The molecule has 0 aromatic heterocycles. The molecule has 0 aliphatic rings. The first-order chi connectivity index (χ1) is 9.54. The normalized spacial score (nSPS) is 10.2. The van der Waals surface area contributed by atoms with Crippen LogP contribution in [0.4, 0.5) is 15.8 Å². The van der Waals surface area contributed by atoms with Gasteiger partial charge in [0, 0.05) is 14.9 Å². The number of amides is 1. The first-order valence-electron chi connectivity index (χ1n) is 6.10. The van der Waals surface area contributed by atoms with E-state index in [2.05, 4.69) is 33.2 Å². The molecule has 0 unspecified atom stereocenters. The van der Waals surface area contributed by atoms with Crippen LogP contribution in [0.2, 0.25) is 0 Å². The van der Waals surface area contributed by atoms with Crippen molar-refractivity contribution in [3.63, 3.8) is 0 Å². The minimum atomic E-state index is -0.371. The second-order valence-corrected chi connectivity index (χ2v) is 5.62. The highest BCUT2D eigenvalue weighted by Crippen LogP contribution is 2.17. The fourth-order valence-electron chi connectivity index (χ4n) is 1.77. The van der Waals surface area contributed by atoms with Gasteiger partial charge in [0.1, 0.15) is 5.82 Å². The molecular weight excluding hydrogens is 370 g/mol. The minimum Gasteiger partial charge on any atom is -0.376 e. The Labute approximate surface area is 130 Å². The average molecular weight is 384 g/mol. The molecule has 104 valence electrons. The Kier molecular flexibility index (Phi) is 4.94. The molecule has 2 rings (SSSR count). The molecule has 2 aromatic carbocycles. The van der Waals surface area contributed by atoms with Crippen molar-refractivity contribution in [3.05, 3.63) is 57.4 Å². The van der Waals surface area contributed by atoms with E-state index in [1.807, 2.05) is 25.1 Å². The van der Waals surface area contributed by atoms with Gasteiger partial charge in [-0.1, -0.05) is 6.07 Å². The fourth-order valence-corrected chi connectivity index (χ4v) is 2.42.